The Morgan fingerprint density at radius 3 is 2.68 bits per heavy atom. The van der Waals surface area contributed by atoms with Crippen LogP contribution < -0.4 is 4.74 Å². The first kappa shape index (κ1) is 15.0. The molecule has 1 aromatic carbocycles. The van der Waals surface area contributed by atoms with Crippen molar-refractivity contribution in [2.24, 2.45) is 10.2 Å². The van der Waals surface area contributed by atoms with Crippen molar-refractivity contribution in [1.29, 1.82) is 0 Å². The molecule has 0 aliphatic carbocycles. The van der Waals surface area contributed by atoms with Crippen molar-refractivity contribution >= 4 is 21.9 Å². The summed E-state index contributed by atoms with van der Waals surface area (Å²) >= 11 is 0. The highest BCUT2D eigenvalue weighted by Gasteiger charge is 2.05. The van der Waals surface area contributed by atoms with Gasteiger partial charge in [-0.05, 0) is 30.7 Å². The normalized spacial score (nSPS) is 10.4. The van der Waals surface area contributed by atoms with Crippen molar-refractivity contribution in [3.63, 3.8) is 0 Å². The van der Waals surface area contributed by atoms with E-state index in [1.807, 2.05) is 19.9 Å². The van der Waals surface area contributed by atoms with Crippen molar-refractivity contribution in [1.82, 2.24) is 0 Å². The van der Waals surface area contributed by atoms with Gasteiger partial charge in [0.15, 0.2) is 0 Å². The summed E-state index contributed by atoms with van der Waals surface area (Å²) in [7, 11) is 0.0324. The summed E-state index contributed by atoms with van der Waals surface area (Å²) in [6.07, 6.45) is -0.924. The second kappa shape index (κ2) is 8.14. The Bertz CT molecular complexity index is 477. The van der Waals surface area contributed by atoms with Gasteiger partial charge in [-0.3, -0.25) is 0 Å². The van der Waals surface area contributed by atoms with Crippen LogP contribution in [0.1, 0.15) is 18.9 Å². The van der Waals surface area contributed by atoms with Crippen molar-refractivity contribution in [3.8, 4) is 5.75 Å². The number of rotatable bonds is 4. The number of carbonyl (C=O) groups excluding carboxylic acids is 2. The quantitative estimate of drug-likeness (QED) is 0.479. The largest absolute Gasteiger partial charge is 0.498 e. The molecule has 0 aromatic heterocycles. The summed E-state index contributed by atoms with van der Waals surface area (Å²) in [5, 5.41) is 6.23. The van der Waals surface area contributed by atoms with Gasteiger partial charge >= 0.3 is 21.9 Å². The molecule has 100 valence electrons. The lowest BCUT2D eigenvalue weighted by Gasteiger charge is -2.00. The molecule has 1 aromatic rings. The van der Waals surface area contributed by atoms with E-state index in [0.717, 1.165) is 18.0 Å². The first-order valence-electron chi connectivity index (χ1n) is 5.75. The van der Waals surface area contributed by atoms with Crippen LogP contribution in [0.2, 0.25) is 6.04 Å². The van der Waals surface area contributed by atoms with E-state index in [1.165, 1.54) is 0 Å². The van der Waals surface area contributed by atoms with Gasteiger partial charge in [-0.25, -0.2) is 9.59 Å². The maximum Gasteiger partial charge on any atom is 0.458 e. The van der Waals surface area contributed by atoms with Crippen LogP contribution in [-0.4, -0.2) is 21.9 Å². The van der Waals surface area contributed by atoms with E-state index in [9.17, 15) is 9.59 Å². The molecule has 0 saturated carbocycles. The number of carbonyl (C=O) groups is 2. The van der Waals surface area contributed by atoms with Crippen LogP contribution in [-0.2, 0) is 4.43 Å². The Morgan fingerprint density at radius 2 is 2.00 bits per heavy atom. The molecule has 19 heavy (non-hydrogen) atoms. The molecule has 0 saturated heterocycles. The molecular weight excluding hydrogens is 264 g/mol. The zero-order chi connectivity index (χ0) is 14.1. The fraction of sp³-hybridized carbons (Fsp3) is 0.333. The van der Waals surface area contributed by atoms with Crippen LogP contribution in [0.15, 0.2) is 34.5 Å². The Balaban J connectivity index is 2.40. The first-order valence-corrected chi connectivity index (χ1v) is 6.87. The zero-order valence-electron chi connectivity index (χ0n) is 10.8. The fourth-order valence-electron chi connectivity index (χ4n) is 1.12. The fourth-order valence-corrected chi connectivity index (χ4v) is 1.59. The van der Waals surface area contributed by atoms with Crippen molar-refractivity contribution in [2.75, 3.05) is 0 Å². The molecule has 2 radical (unpaired) electrons. The van der Waals surface area contributed by atoms with Gasteiger partial charge in [0.2, 0.25) is 0 Å². The number of hydrogen-bond acceptors (Lipinski definition) is 4. The van der Waals surface area contributed by atoms with Crippen LogP contribution >= 0.6 is 0 Å². The highest BCUT2D eigenvalue weighted by atomic mass is 28.2. The van der Waals surface area contributed by atoms with Crippen molar-refractivity contribution in [3.05, 3.63) is 29.8 Å². The second-order valence-electron chi connectivity index (χ2n) is 3.65. The van der Waals surface area contributed by atoms with E-state index >= 15 is 0 Å². The van der Waals surface area contributed by atoms with E-state index in [4.69, 9.17) is 9.16 Å². The Hall–Kier alpha value is -2.02. The van der Waals surface area contributed by atoms with Gasteiger partial charge in [-0.15, -0.1) is 0 Å². The van der Waals surface area contributed by atoms with Gasteiger partial charge in [0.05, 0.1) is 0 Å². The smallest absolute Gasteiger partial charge is 0.458 e. The Morgan fingerprint density at radius 1 is 1.26 bits per heavy atom. The highest BCUT2D eigenvalue weighted by Crippen LogP contribution is 2.12. The summed E-state index contributed by atoms with van der Waals surface area (Å²) < 4.78 is 9.59. The number of ether oxygens (including phenoxy) is 1. The summed E-state index contributed by atoms with van der Waals surface area (Å²) in [5.41, 5.74) is 0.947. The molecule has 0 atom stereocenters. The lowest BCUT2D eigenvalue weighted by molar-refractivity contribution is 0.201. The molecule has 0 heterocycles. The van der Waals surface area contributed by atoms with E-state index in [0.29, 0.717) is 5.75 Å². The van der Waals surface area contributed by atoms with E-state index in [-0.39, 0.29) is 9.76 Å². The molecular formula is C12H14N2O4Si. The summed E-state index contributed by atoms with van der Waals surface area (Å²) in [6, 6.07) is 7.67. The van der Waals surface area contributed by atoms with Gasteiger partial charge in [0.1, 0.15) is 5.75 Å². The summed E-state index contributed by atoms with van der Waals surface area (Å²) in [5.74, 6) is 0.352. The van der Waals surface area contributed by atoms with Crippen LogP contribution in [0.4, 0.5) is 9.59 Å². The maximum absolute atomic E-state index is 11.3. The monoisotopic (exact) mass is 278 g/mol. The standard InChI is InChI=1S/C12H14N2O4Si/c1-3-7-19-18-12(16)14-13-11(15)17-10-6-4-5-9(2)8-10/h4-6,8H,3,7H2,1-2H3. The molecule has 0 spiro atoms. The number of amides is 2. The van der Waals surface area contributed by atoms with Gasteiger partial charge in [0, 0.05) is 0 Å². The maximum atomic E-state index is 11.3. The van der Waals surface area contributed by atoms with Crippen LogP contribution in [0.25, 0.3) is 0 Å². The van der Waals surface area contributed by atoms with Gasteiger partial charge < -0.3 is 9.16 Å². The molecule has 0 N–H and O–H groups in total. The minimum atomic E-state index is -0.957. The predicted molar refractivity (Wildman–Crippen MR) is 69.4 cm³/mol. The minimum Gasteiger partial charge on any atom is -0.498 e. The lowest BCUT2D eigenvalue weighted by Crippen LogP contribution is -2.06. The van der Waals surface area contributed by atoms with Crippen LogP contribution in [0.3, 0.4) is 0 Å². The van der Waals surface area contributed by atoms with Crippen LogP contribution in [0.5, 0.6) is 5.75 Å². The minimum absolute atomic E-state index is 0.0324. The third-order valence-electron chi connectivity index (χ3n) is 1.92. The number of nitrogens with zero attached hydrogens (tertiary/aromatic N) is 2. The van der Waals surface area contributed by atoms with Gasteiger partial charge in [0.25, 0.3) is 0 Å². The molecule has 0 aliphatic heterocycles. The number of azo groups is 1. The third-order valence-corrected chi connectivity index (χ3v) is 2.94. The average molecular weight is 278 g/mol. The average Bonchev–Trinajstić information content (AvgIpc) is 2.37. The molecule has 6 nitrogen and oxygen atoms in total. The Kier molecular flexibility index (Phi) is 6.45. The van der Waals surface area contributed by atoms with E-state index < -0.39 is 12.2 Å². The third kappa shape index (κ3) is 6.46. The molecule has 2 amide bonds. The highest BCUT2D eigenvalue weighted by molar-refractivity contribution is 6.30. The topological polar surface area (TPSA) is 77.3 Å². The van der Waals surface area contributed by atoms with Crippen molar-refractivity contribution in [2.45, 2.75) is 26.3 Å². The zero-order valence-corrected chi connectivity index (χ0v) is 11.8. The second-order valence-corrected chi connectivity index (χ2v) is 4.64. The number of hydrogen-bond donors (Lipinski definition) is 0. The summed E-state index contributed by atoms with van der Waals surface area (Å²) in [6.45, 7) is 3.84. The van der Waals surface area contributed by atoms with Crippen LogP contribution in [0, 0.1) is 6.92 Å². The molecule has 0 fully saturated rings. The number of aryl methyl sites for hydroxylation is 1. The van der Waals surface area contributed by atoms with E-state index in [1.54, 1.807) is 18.2 Å². The lowest BCUT2D eigenvalue weighted by atomic mass is 10.2. The predicted octanol–water partition coefficient (Wildman–Crippen LogP) is 3.53. The molecule has 0 bridgehead atoms. The summed E-state index contributed by atoms with van der Waals surface area (Å²) in [4.78, 5) is 22.3. The number of benzene rings is 1. The van der Waals surface area contributed by atoms with E-state index in [2.05, 4.69) is 10.2 Å². The van der Waals surface area contributed by atoms with Crippen molar-refractivity contribution < 1.29 is 18.8 Å². The molecule has 1 rings (SSSR count). The molecule has 7 heteroatoms. The van der Waals surface area contributed by atoms with Gasteiger partial charge in [-0.2, -0.15) is 0 Å². The SMILES string of the molecule is CCC[Si]OC(=O)N=NC(=O)Oc1cccc(C)c1. The first-order chi connectivity index (χ1) is 9.11. The Labute approximate surface area is 113 Å². The molecule has 0 unspecified atom stereocenters. The molecule has 0 aliphatic rings. The van der Waals surface area contributed by atoms with Gasteiger partial charge in [-0.1, -0.05) is 35.7 Å².